The number of fused-ring (bicyclic) bond motifs is 1. The Hall–Kier alpha value is -2.63. The quantitative estimate of drug-likeness (QED) is 0.859. The van der Waals surface area contributed by atoms with Crippen molar-refractivity contribution in [2.24, 2.45) is 0 Å². The van der Waals surface area contributed by atoms with Crippen LogP contribution in [0.5, 0.6) is 0 Å². The second-order valence-corrected chi connectivity index (χ2v) is 6.79. The lowest BCUT2D eigenvalue weighted by molar-refractivity contribution is -0.128. The number of nitrogens with zero attached hydrogens (tertiary/aromatic N) is 4. The van der Waals surface area contributed by atoms with Crippen LogP contribution in [0.3, 0.4) is 0 Å². The number of hydrogen-bond acceptors (Lipinski definition) is 3. The molecule has 2 amide bonds. The summed E-state index contributed by atoms with van der Waals surface area (Å²) in [4.78, 5) is 32.8. The lowest BCUT2D eigenvalue weighted by Crippen LogP contribution is -2.41. The number of likely N-dealkylation sites (N-methyl/N-ethyl adjacent to an activating group) is 1. The molecular formula is C19H24N4O2. The zero-order valence-electron chi connectivity index (χ0n) is 15.2. The number of aromatic nitrogens is 2. The zero-order chi connectivity index (χ0) is 18.1. The van der Waals surface area contributed by atoms with Crippen molar-refractivity contribution in [1.82, 2.24) is 19.4 Å². The van der Waals surface area contributed by atoms with Gasteiger partial charge < -0.3 is 14.4 Å². The predicted octanol–water partition coefficient (Wildman–Crippen LogP) is 2.04. The first-order valence-electron chi connectivity index (χ1n) is 8.50. The summed E-state index contributed by atoms with van der Waals surface area (Å²) >= 11 is 0. The normalized spacial score (nSPS) is 16.5. The molecule has 1 aromatic heterocycles. The van der Waals surface area contributed by atoms with E-state index in [0.717, 1.165) is 17.1 Å². The van der Waals surface area contributed by atoms with Crippen LogP contribution in [0.2, 0.25) is 0 Å². The number of benzene rings is 1. The van der Waals surface area contributed by atoms with E-state index in [1.807, 2.05) is 49.2 Å². The number of aryl methyl sites for hydroxylation is 1. The van der Waals surface area contributed by atoms with Crippen LogP contribution in [-0.2, 0) is 17.8 Å². The molecule has 0 spiro atoms. The van der Waals surface area contributed by atoms with E-state index in [9.17, 15) is 9.59 Å². The van der Waals surface area contributed by atoms with Crippen LogP contribution < -0.4 is 0 Å². The lowest BCUT2D eigenvalue weighted by Gasteiger charge is -2.33. The van der Waals surface area contributed by atoms with Gasteiger partial charge in [-0.2, -0.15) is 0 Å². The summed E-state index contributed by atoms with van der Waals surface area (Å²) in [5.41, 5.74) is 2.53. The summed E-state index contributed by atoms with van der Waals surface area (Å²) in [7, 11) is 3.48. The standard InChI is InChI=1S/C19H24N4O2/c1-13-6-5-7-15(10-13)19(25)23-9-8-22-12-16(11-17(24)21(3)4)20-18(22)14(23)2/h5-7,10,12,14H,8-9,11H2,1-4H3. The highest BCUT2D eigenvalue weighted by Crippen LogP contribution is 2.26. The summed E-state index contributed by atoms with van der Waals surface area (Å²) in [5.74, 6) is 0.890. The van der Waals surface area contributed by atoms with Crippen LogP contribution in [0.15, 0.2) is 30.5 Å². The first kappa shape index (κ1) is 17.2. The summed E-state index contributed by atoms with van der Waals surface area (Å²) < 4.78 is 2.06. The topological polar surface area (TPSA) is 58.4 Å². The van der Waals surface area contributed by atoms with E-state index in [1.165, 1.54) is 0 Å². The van der Waals surface area contributed by atoms with Gasteiger partial charge in [0, 0.05) is 38.9 Å². The average Bonchev–Trinajstić information content (AvgIpc) is 2.98. The Kier molecular flexibility index (Phi) is 4.61. The maximum atomic E-state index is 12.9. The number of carbonyl (C=O) groups is 2. The van der Waals surface area contributed by atoms with Crippen molar-refractivity contribution in [3.8, 4) is 0 Å². The fraction of sp³-hybridized carbons (Fsp3) is 0.421. The van der Waals surface area contributed by atoms with E-state index < -0.39 is 0 Å². The maximum Gasteiger partial charge on any atom is 0.254 e. The second kappa shape index (κ2) is 6.70. The molecule has 0 saturated heterocycles. The minimum atomic E-state index is -0.120. The van der Waals surface area contributed by atoms with E-state index >= 15 is 0 Å². The molecule has 1 aliphatic rings. The molecule has 2 heterocycles. The Morgan fingerprint density at radius 1 is 1.28 bits per heavy atom. The molecule has 0 aliphatic carbocycles. The van der Waals surface area contributed by atoms with Gasteiger partial charge in [-0.1, -0.05) is 17.7 Å². The molecule has 0 saturated carbocycles. The highest BCUT2D eigenvalue weighted by Gasteiger charge is 2.30. The first-order valence-corrected chi connectivity index (χ1v) is 8.50. The largest absolute Gasteiger partial charge is 0.348 e. The van der Waals surface area contributed by atoms with Crippen LogP contribution in [0, 0.1) is 6.92 Å². The van der Waals surface area contributed by atoms with Crippen molar-refractivity contribution in [3.05, 3.63) is 53.1 Å². The fourth-order valence-electron chi connectivity index (χ4n) is 3.17. The average molecular weight is 340 g/mol. The van der Waals surface area contributed by atoms with E-state index in [2.05, 4.69) is 9.55 Å². The van der Waals surface area contributed by atoms with Crippen molar-refractivity contribution in [3.63, 3.8) is 0 Å². The Bertz CT molecular complexity index is 810. The molecule has 1 unspecified atom stereocenters. The van der Waals surface area contributed by atoms with Crippen LogP contribution in [0.4, 0.5) is 0 Å². The third-order valence-corrected chi connectivity index (χ3v) is 4.64. The van der Waals surface area contributed by atoms with Crippen LogP contribution in [-0.4, -0.2) is 51.8 Å². The Labute approximate surface area is 148 Å². The van der Waals surface area contributed by atoms with Crippen molar-refractivity contribution < 1.29 is 9.59 Å². The Morgan fingerprint density at radius 3 is 2.72 bits per heavy atom. The van der Waals surface area contributed by atoms with E-state index in [0.29, 0.717) is 18.7 Å². The van der Waals surface area contributed by atoms with E-state index in [4.69, 9.17) is 0 Å². The van der Waals surface area contributed by atoms with Gasteiger partial charge in [0.2, 0.25) is 5.91 Å². The predicted molar refractivity (Wildman–Crippen MR) is 95.3 cm³/mol. The van der Waals surface area contributed by atoms with Gasteiger partial charge in [-0.25, -0.2) is 4.98 Å². The van der Waals surface area contributed by atoms with E-state index in [-0.39, 0.29) is 24.3 Å². The van der Waals surface area contributed by atoms with Gasteiger partial charge >= 0.3 is 0 Å². The van der Waals surface area contributed by atoms with Crippen molar-refractivity contribution >= 4 is 11.8 Å². The summed E-state index contributed by atoms with van der Waals surface area (Å²) in [5, 5.41) is 0. The number of rotatable bonds is 3. The Morgan fingerprint density at radius 2 is 2.04 bits per heavy atom. The molecule has 6 heteroatoms. The molecule has 1 atom stereocenters. The van der Waals surface area contributed by atoms with E-state index in [1.54, 1.807) is 19.0 Å². The van der Waals surface area contributed by atoms with Gasteiger partial charge in [0.25, 0.3) is 5.91 Å². The third-order valence-electron chi connectivity index (χ3n) is 4.64. The minimum Gasteiger partial charge on any atom is -0.348 e. The minimum absolute atomic E-state index is 0.0239. The molecule has 25 heavy (non-hydrogen) atoms. The summed E-state index contributed by atoms with van der Waals surface area (Å²) in [6, 6.07) is 7.53. The second-order valence-electron chi connectivity index (χ2n) is 6.79. The molecule has 0 N–H and O–H groups in total. The number of hydrogen-bond donors (Lipinski definition) is 0. The lowest BCUT2D eigenvalue weighted by atomic mass is 10.1. The smallest absolute Gasteiger partial charge is 0.254 e. The monoisotopic (exact) mass is 340 g/mol. The molecular weight excluding hydrogens is 316 g/mol. The fourth-order valence-corrected chi connectivity index (χ4v) is 3.17. The molecule has 0 bridgehead atoms. The summed E-state index contributed by atoms with van der Waals surface area (Å²) in [6.45, 7) is 5.30. The molecule has 132 valence electrons. The highest BCUT2D eigenvalue weighted by molar-refractivity contribution is 5.94. The van der Waals surface area contributed by atoms with Gasteiger partial charge in [0.15, 0.2) is 0 Å². The number of amides is 2. The Balaban J connectivity index is 1.81. The van der Waals surface area contributed by atoms with Crippen LogP contribution >= 0.6 is 0 Å². The molecule has 1 aromatic carbocycles. The molecule has 0 fully saturated rings. The zero-order valence-corrected chi connectivity index (χ0v) is 15.2. The van der Waals surface area contributed by atoms with Gasteiger partial charge in [0.05, 0.1) is 18.2 Å². The van der Waals surface area contributed by atoms with Gasteiger partial charge in [-0.3, -0.25) is 9.59 Å². The molecule has 6 nitrogen and oxygen atoms in total. The van der Waals surface area contributed by atoms with Crippen molar-refractivity contribution in [2.75, 3.05) is 20.6 Å². The number of carbonyl (C=O) groups excluding carboxylic acids is 2. The maximum absolute atomic E-state index is 12.9. The molecule has 2 aromatic rings. The SMILES string of the molecule is Cc1cccc(C(=O)N2CCn3cc(CC(=O)N(C)C)nc3C2C)c1. The van der Waals surface area contributed by atoms with Crippen LogP contribution in [0.25, 0.3) is 0 Å². The highest BCUT2D eigenvalue weighted by atomic mass is 16.2. The molecule has 0 radical (unpaired) electrons. The van der Waals surface area contributed by atoms with Gasteiger partial charge in [-0.15, -0.1) is 0 Å². The van der Waals surface area contributed by atoms with Gasteiger partial charge in [-0.05, 0) is 26.0 Å². The molecule has 1 aliphatic heterocycles. The molecule has 3 rings (SSSR count). The summed E-state index contributed by atoms with van der Waals surface area (Å²) in [6.07, 6.45) is 2.22. The van der Waals surface area contributed by atoms with Crippen LogP contribution in [0.1, 0.15) is 40.4 Å². The van der Waals surface area contributed by atoms with Gasteiger partial charge in [0.1, 0.15) is 5.82 Å². The number of imidazole rings is 1. The third kappa shape index (κ3) is 3.43. The van der Waals surface area contributed by atoms with Crippen molar-refractivity contribution in [1.29, 1.82) is 0 Å². The van der Waals surface area contributed by atoms with Crippen molar-refractivity contribution in [2.45, 2.75) is 32.9 Å². The first-order chi connectivity index (χ1) is 11.9.